The summed E-state index contributed by atoms with van der Waals surface area (Å²) < 4.78 is 15.4. The molecule has 0 aromatic heterocycles. The molecule has 0 fully saturated rings. The van der Waals surface area contributed by atoms with Crippen LogP contribution in [0.4, 0.5) is 4.79 Å². The first-order chi connectivity index (χ1) is 13.7. The predicted molar refractivity (Wildman–Crippen MR) is 112 cm³/mol. The van der Waals surface area contributed by atoms with Gasteiger partial charge in [0.2, 0.25) is 5.91 Å². The number of ether oxygens (including phenoxy) is 3. The van der Waals surface area contributed by atoms with E-state index in [4.69, 9.17) is 14.2 Å². The zero-order valence-electron chi connectivity index (χ0n) is 19.5. The van der Waals surface area contributed by atoms with Gasteiger partial charge in [0.25, 0.3) is 0 Å². The van der Waals surface area contributed by atoms with Gasteiger partial charge in [0, 0.05) is 26.4 Å². The van der Waals surface area contributed by atoms with Crippen molar-refractivity contribution < 1.29 is 33.4 Å². The number of esters is 2. The van der Waals surface area contributed by atoms with Gasteiger partial charge >= 0.3 is 18.0 Å². The summed E-state index contributed by atoms with van der Waals surface area (Å²) in [6, 6.07) is 0. The molecule has 0 aliphatic heterocycles. The fourth-order valence-electron chi connectivity index (χ4n) is 2.22. The standard InChI is InChI=1S/C21H38N2O7/c1-20(2,3)29-18(26)15-23(7)16(24)11-10-12-17(25)28-14-9-8-13-22-19(27)30-21(4,5)6/h8-15H2,1-7H3,(H,22,27). The molecule has 0 aliphatic carbocycles. The summed E-state index contributed by atoms with van der Waals surface area (Å²) in [6.07, 6.45) is 1.41. The van der Waals surface area contributed by atoms with E-state index in [9.17, 15) is 19.2 Å². The van der Waals surface area contributed by atoms with Gasteiger partial charge in [-0.3, -0.25) is 14.4 Å². The van der Waals surface area contributed by atoms with E-state index in [1.807, 2.05) is 0 Å². The highest BCUT2D eigenvalue weighted by molar-refractivity contribution is 5.82. The first-order valence-corrected chi connectivity index (χ1v) is 10.3. The van der Waals surface area contributed by atoms with E-state index in [0.29, 0.717) is 25.8 Å². The van der Waals surface area contributed by atoms with Crippen LogP contribution in [0.25, 0.3) is 0 Å². The molecule has 0 aliphatic rings. The minimum absolute atomic E-state index is 0.127. The molecule has 0 unspecified atom stereocenters. The number of unbranched alkanes of at least 4 members (excludes halogenated alkanes) is 1. The first-order valence-electron chi connectivity index (χ1n) is 10.3. The van der Waals surface area contributed by atoms with Crippen molar-refractivity contribution in [2.45, 2.75) is 84.8 Å². The number of rotatable bonds is 11. The molecule has 0 rings (SSSR count). The lowest BCUT2D eigenvalue weighted by atomic mass is 10.2. The summed E-state index contributed by atoms with van der Waals surface area (Å²) in [5, 5.41) is 2.63. The molecule has 9 nitrogen and oxygen atoms in total. The summed E-state index contributed by atoms with van der Waals surface area (Å²) in [7, 11) is 1.52. The van der Waals surface area contributed by atoms with E-state index in [1.165, 1.54) is 11.9 Å². The number of hydrogen-bond acceptors (Lipinski definition) is 7. The Labute approximate surface area is 179 Å². The van der Waals surface area contributed by atoms with Crippen molar-refractivity contribution >= 4 is 23.9 Å². The van der Waals surface area contributed by atoms with Gasteiger partial charge in [-0.25, -0.2) is 4.79 Å². The molecular formula is C21H38N2O7. The number of amides is 2. The van der Waals surface area contributed by atoms with E-state index < -0.39 is 23.3 Å². The molecule has 0 saturated heterocycles. The quantitative estimate of drug-likeness (QED) is 0.305. The Morgan fingerprint density at radius 1 is 0.800 bits per heavy atom. The molecule has 9 heteroatoms. The van der Waals surface area contributed by atoms with Crippen LogP contribution in [0.5, 0.6) is 0 Å². The fraction of sp³-hybridized carbons (Fsp3) is 0.810. The molecule has 0 saturated carbocycles. The highest BCUT2D eigenvalue weighted by Gasteiger charge is 2.20. The smallest absolute Gasteiger partial charge is 0.407 e. The van der Waals surface area contributed by atoms with Gasteiger partial charge in [-0.15, -0.1) is 0 Å². The van der Waals surface area contributed by atoms with Crippen molar-refractivity contribution in [3.8, 4) is 0 Å². The van der Waals surface area contributed by atoms with E-state index in [2.05, 4.69) is 5.32 Å². The molecule has 2 amide bonds. The van der Waals surface area contributed by atoms with Crippen LogP contribution in [0.1, 0.15) is 73.6 Å². The Morgan fingerprint density at radius 3 is 1.97 bits per heavy atom. The van der Waals surface area contributed by atoms with Gasteiger partial charge < -0.3 is 24.4 Å². The van der Waals surface area contributed by atoms with Crippen LogP contribution in [0.15, 0.2) is 0 Å². The molecule has 1 N–H and O–H groups in total. The van der Waals surface area contributed by atoms with Crippen molar-refractivity contribution in [3.05, 3.63) is 0 Å². The van der Waals surface area contributed by atoms with Gasteiger partial charge in [-0.1, -0.05) is 0 Å². The van der Waals surface area contributed by atoms with Gasteiger partial charge in [0.1, 0.15) is 17.7 Å². The Balaban J connectivity index is 3.81. The molecule has 0 spiro atoms. The number of nitrogens with one attached hydrogen (secondary N) is 1. The van der Waals surface area contributed by atoms with Crippen molar-refractivity contribution in [3.63, 3.8) is 0 Å². The van der Waals surface area contributed by atoms with Crippen LogP contribution in [-0.2, 0) is 28.6 Å². The molecule has 0 heterocycles. The maximum Gasteiger partial charge on any atom is 0.407 e. The maximum absolute atomic E-state index is 12.0. The van der Waals surface area contributed by atoms with E-state index in [1.54, 1.807) is 41.5 Å². The highest BCUT2D eigenvalue weighted by Crippen LogP contribution is 2.08. The van der Waals surface area contributed by atoms with Crippen LogP contribution in [0.2, 0.25) is 0 Å². The molecule has 0 bridgehead atoms. The average molecular weight is 431 g/mol. The van der Waals surface area contributed by atoms with Crippen LogP contribution in [0, 0.1) is 0 Å². The zero-order valence-corrected chi connectivity index (χ0v) is 19.5. The normalized spacial score (nSPS) is 11.4. The Hall–Kier alpha value is -2.32. The van der Waals surface area contributed by atoms with Crippen molar-refractivity contribution in [1.82, 2.24) is 10.2 Å². The largest absolute Gasteiger partial charge is 0.466 e. The summed E-state index contributed by atoms with van der Waals surface area (Å²) in [6.45, 7) is 11.2. The summed E-state index contributed by atoms with van der Waals surface area (Å²) >= 11 is 0. The molecule has 174 valence electrons. The van der Waals surface area contributed by atoms with Gasteiger partial charge in [0.05, 0.1) is 6.61 Å². The summed E-state index contributed by atoms with van der Waals surface area (Å²) in [5.41, 5.74) is -1.14. The van der Waals surface area contributed by atoms with Crippen LogP contribution < -0.4 is 5.32 Å². The molecule has 0 aromatic rings. The maximum atomic E-state index is 12.0. The predicted octanol–water partition coefficient (Wildman–Crippen LogP) is 2.80. The lowest BCUT2D eigenvalue weighted by Crippen LogP contribution is -2.36. The van der Waals surface area contributed by atoms with Crippen LogP contribution in [0.3, 0.4) is 0 Å². The zero-order chi connectivity index (χ0) is 23.4. The monoisotopic (exact) mass is 430 g/mol. The molecular weight excluding hydrogens is 392 g/mol. The Bertz CT molecular complexity index is 577. The van der Waals surface area contributed by atoms with Crippen LogP contribution in [-0.4, -0.2) is 66.8 Å². The highest BCUT2D eigenvalue weighted by atomic mass is 16.6. The third-order valence-corrected chi connectivity index (χ3v) is 3.49. The Kier molecular flexibility index (Phi) is 12.1. The Morgan fingerprint density at radius 2 is 1.40 bits per heavy atom. The van der Waals surface area contributed by atoms with Gasteiger partial charge in [-0.05, 0) is 60.8 Å². The third-order valence-electron chi connectivity index (χ3n) is 3.49. The SMILES string of the molecule is CN(CC(=O)OC(C)(C)C)C(=O)CCCC(=O)OCCCCNC(=O)OC(C)(C)C. The third kappa shape index (κ3) is 16.6. The number of nitrogens with zero attached hydrogens (tertiary/aromatic N) is 1. The minimum Gasteiger partial charge on any atom is -0.466 e. The topological polar surface area (TPSA) is 111 Å². The fourth-order valence-corrected chi connectivity index (χ4v) is 2.22. The minimum atomic E-state index is -0.601. The molecule has 30 heavy (non-hydrogen) atoms. The van der Waals surface area contributed by atoms with E-state index in [0.717, 1.165) is 0 Å². The summed E-state index contributed by atoms with van der Waals surface area (Å²) in [4.78, 5) is 48.2. The molecule has 0 atom stereocenters. The number of hydrogen-bond donors (Lipinski definition) is 1. The lowest BCUT2D eigenvalue weighted by Gasteiger charge is -2.22. The van der Waals surface area contributed by atoms with E-state index >= 15 is 0 Å². The number of alkyl carbamates (subject to hydrolysis) is 1. The first kappa shape index (κ1) is 27.7. The second kappa shape index (κ2) is 13.1. The second-order valence-corrected chi connectivity index (χ2v) is 9.05. The van der Waals surface area contributed by atoms with Crippen molar-refractivity contribution in [1.29, 1.82) is 0 Å². The molecule has 0 aromatic carbocycles. The lowest BCUT2D eigenvalue weighted by molar-refractivity contribution is -0.158. The second-order valence-electron chi connectivity index (χ2n) is 9.05. The van der Waals surface area contributed by atoms with Crippen molar-refractivity contribution in [2.75, 3.05) is 26.7 Å². The molecule has 0 radical (unpaired) electrons. The van der Waals surface area contributed by atoms with E-state index in [-0.39, 0.29) is 37.9 Å². The van der Waals surface area contributed by atoms with Gasteiger partial charge in [-0.2, -0.15) is 0 Å². The van der Waals surface area contributed by atoms with Gasteiger partial charge in [0.15, 0.2) is 0 Å². The van der Waals surface area contributed by atoms with Crippen molar-refractivity contribution in [2.24, 2.45) is 0 Å². The number of carbonyl (C=O) groups excluding carboxylic acids is 4. The van der Waals surface area contributed by atoms with Crippen LogP contribution >= 0.6 is 0 Å². The number of likely N-dealkylation sites (N-methyl/N-ethyl adjacent to an activating group) is 1. The number of carbonyl (C=O) groups is 4. The average Bonchev–Trinajstić information content (AvgIpc) is 2.54. The summed E-state index contributed by atoms with van der Waals surface area (Å²) in [5.74, 6) is -1.08.